The average molecular weight is 561 g/mol. The Morgan fingerprint density at radius 2 is 1.63 bits per heavy atom. The van der Waals surface area contributed by atoms with Crippen LogP contribution in [0.2, 0.25) is 0 Å². The highest BCUT2D eigenvalue weighted by Gasteiger charge is 2.79. The fourth-order valence-electron chi connectivity index (χ4n) is 7.58. The summed E-state index contributed by atoms with van der Waals surface area (Å²) in [5, 5.41) is 21.2. The molecule has 218 valence electrons. The zero-order chi connectivity index (χ0) is 29.2. The highest BCUT2D eigenvalue weighted by atomic mass is 16.4. The highest BCUT2D eigenvalue weighted by Crippen LogP contribution is 2.61. The number of fused-ring (bicyclic) bond motifs is 1. The minimum absolute atomic E-state index is 0.0385. The van der Waals surface area contributed by atoms with E-state index < -0.39 is 29.5 Å². The van der Waals surface area contributed by atoms with Gasteiger partial charge in [0.2, 0.25) is 0 Å². The predicted molar refractivity (Wildman–Crippen MR) is 156 cm³/mol. The van der Waals surface area contributed by atoms with Crippen LogP contribution in [0, 0.1) is 17.2 Å². The van der Waals surface area contributed by atoms with E-state index >= 15 is 0 Å². The second-order valence-electron chi connectivity index (χ2n) is 12.3. The van der Waals surface area contributed by atoms with Crippen molar-refractivity contribution in [3.05, 3.63) is 71.3 Å². The first-order valence-corrected chi connectivity index (χ1v) is 14.8. The van der Waals surface area contributed by atoms with Crippen molar-refractivity contribution in [1.82, 2.24) is 5.32 Å². The molecular weight excluding hydrogens is 518 g/mol. The number of hydrogen-bond acceptors (Lipinski definition) is 5. The molecule has 9 nitrogen and oxygen atoms in total. The van der Waals surface area contributed by atoms with Gasteiger partial charge in [-0.1, -0.05) is 86.7 Å². The van der Waals surface area contributed by atoms with E-state index in [1.807, 2.05) is 42.5 Å². The third kappa shape index (κ3) is 5.65. The number of nitrogens with zero attached hydrogens (tertiary/aromatic N) is 1. The summed E-state index contributed by atoms with van der Waals surface area (Å²) >= 11 is 0. The van der Waals surface area contributed by atoms with Crippen LogP contribution >= 0.6 is 0 Å². The number of aliphatic carboxylic acids is 1. The van der Waals surface area contributed by atoms with Gasteiger partial charge in [-0.3, -0.25) is 20.3 Å². The van der Waals surface area contributed by atoms with Crippen LogP contribution in [0.3, 0.4) is 0 Å². The number of primary amides is 1. The number of rotatable bonds is 12. The molecule has 41 heavy (non-hydrogen) atoms. The summed E-state index contributed by atoms with van der Waals surface area (Å²) in [6.45, 7) is 0.774. The lowest BCUT2D eigenvalue weighted by Gasteiger charge is -2.42. The number of benzene rings is 2. The number of likely N-dealkylation sites (tertiary alicyclic amines) is 1. The molecular formula is C32H42N5O4+. The maximum Gasteiger partial charge on any atom is 0.331 e. The molecule has 1 aliphatic heterocycles. The number of carboxylic acid groups (broad SMARTS) is 1. The van der Waals surface area contributed by atoms with Gasteiger partial charge < -0.3 is 16.6 Å². The van der Waals surface area contributed by atoms with E-state index in [0.717, 1.165) is 43.2 Å². The molecule has 1 heterocycles. The fourth-order valence-corrected chi connectivity index (χ4v) is 7.58. The van der Waals surface area contributed by atoms with Gasteiger partial charge in [0.05, 0.1) is 6.54 Å². The normalized spacial score (nSPS) is 27.0. The molecule has 2 unspecified atom stereocenters. The van der Waals surface area contributed by atoms with Gasteiger partial charge in [-0.05, 0) is 24.3 Å². The highest BCUT2D eigenvalue weighted by molar-refractivity contribution is 5.95. The lowest BCUT2D eigenvalue weighted by atomic mass is 9.83. The Hall–Kier alpha value is -3.56. The summed E-state index contributed by atoms with van der Waals surface area (Å²) in [7, 11) is 0. The Morgan fingerprint density at radius 3 is 2.22 bits per heavy atom. The van der Waals surface area contributed by atoms with Crippen LogP contribution in [0.5, 0.6) is 0 Å². The van der Waals surface area contributed by atoms with Crippen LogP contribution in [0.25, 0.3) is 0 Å². The molecule has 5 rings (SSSR count). The number of nitrogen functional groups attached to an aromatic ring is 1. The monoisotopic (exact) mass is 560 g/mol. The summed E-state index contributed by atoms with van der Waals surface area (Å²) in [6, 6.07) is 15.0. The summed E-state index contributed by atoms with van der Waals surface area (Å²) < 4.78 is -0.0888. The number of hydrogen-bond donors (Lipinski definition) is 5. The Bertz CT molecular complexity index is 1290. The Kier molecular flexibility index (Phi) is 8.29. The standard InChI is InChI=1S/C32H41N5O4/c33-28(34)24-13-11-23(12-14-24)20-37(16-15-25-19-32(25,37)31(35)41)29(38)26(17-21-7-3-1-4-8-21)36-27(30(39)40)18-22-9-5-2-6-10-22/h2,5-6,9-14,21,25-27,36H,1,3-4,7-8,15-20H2,(H5-,33,34,35,39,40,41)/p+1/t25-,26-,27?,32+,37?/m1/s1. The molecule has 0 aromatic heterocycles. The number of amidine groups is 1. The zero-order valence-corrected chi connectivity index (χ0v) is 23.6. The molecule has 1 saturated heterocycles. The van der Waals surface area contributed by atoms with Gasteiger partial charge in [-0.15, -0.1) is 0 Å². The van der Waals surface area contributed by atoms with Crippen LogP contribution in [-0.2, 0) is 27.3 Å². The van der Waals surface area contributed by atoms with Gasteiger partial charge in [0.1, 0.15) is 24.5 Å². The molecule has 0 spiro atoms. The first kappa shape index (κ1) is 29.0. The van der Waals surface area contributed by atoms with Gasteiger partial charge in [0.15, 0.2) is 5.54 Å². The van der Waals surface area contributed by atoms with Crippen LogP contribution in [0.4, 0.5) is 0 Å². The van der Waals surface area contributed by atoms with E-state index in [2.05, 4.69) is 5.32 Å². The fraction of sp³-hybridized carbons (Fsp3) is 0.500. The molecule has 2 aromatic carbocycles. The number of carboxylic acids is 1. The molecule has 0 radical (unpaired) electrons. The minimum Gasteiger partial charge on any atom is -0.480 e. The van der Waals surface area contributed by atoms with Crippen molar-refractivity contribution < 1.29 is 24.0 Å². The first-order valence-electron chi connectivity index (χ1n) is 14.8. The molecule has 2 amide bonds. The molecule has 7 N–H and O–H groups in total. The van der Waals surface area contributed by atoms with Crippen molar-refractivity contribution in [3.63, 3.8) is 0 Å². The first-order chi connectivity index (χ1) is 19.7. The molecule has 2 aliphatic carbocycles. The van der Waals surface area contributed by atoms with Crippen LogP contribution in [0.15, 0.2) is 54.6 Å². The van der Waals surface area contributed by atoms with Crippen molar-refractivity contribution in [2.75, 3.05) is 6.54 Å². The predicted octanol–water partition coefficient (Wildman–Crippen LogP) is 3.09. The summed E-state index contributed by atoms with van der Waals surface area (Å²) in [5.41, 5.74) is 13.1. The Labute approximate surface area is 241 Å². The van der Waals surface area contributed by atoms with E-state index in [1.54, 1.807) is 12.1 Å². The van der Waals surface area contributed by atoms with Gasteiger partial charge in [-0.25, -0.2) is 9.28 Å². The summed E-state index contributed by atoms with van der Waals surface area (Å²) in [5.74, 6) is -1.27. The zero-order valence-electron chi connectivity index (χ0n) is 23.6. The smallest absolute Gasteiger partial charge is 0.331 e. The van der Waals surface area contributed by atoms with Gasteiger partial charge in [0, 0.05) is 29.9 Å². The Balaban J connectivity index is 1.50. The van der Waals surface area contributed by atoms with Crippen molar-refractivity contribution in [2.24, 2.45) is 23.3 Å². The molecule has 3 aliphatic rings. The third-order valence-electron chi connectivity index (χ3n) is 9.84. The third-order valence-corrected chi connectivity index (χ3v) is 9.84. The number of nitrogens with two attached hydrogens (primary N) is 2. The van der Waals surface area contributed by atoms with Gasteiger partial charge in [0.25, 0.3) is 5.91 Å². The number of carbonyl (C=O) groups is 3. The van der Waals surface area contributed by atoms with E-state index in [4.69, 9.17) is 16.9 Å². The molecule has 0 bridgehead atoms. The molecule has 2 saturated carbocycles. The maximum atomic E-state index is 14.9. The van der Waals surface area contributed by atoms with Crippen molar-refractivity contribution >= 4 is 23.6 Å². The average Bonchev–Trinajstić information content (AvgIpc) is 3.64. The van der Waals surface area contributed by atoms with Crippen molar-refractivity contribution in [2.45, 2.75) is 82.0 Å². The Morgan fingerprint density at radius 1 is 0.951 bits per heavy atom. The van der Waals surface area contributed by atoms with Crippen molar-refractivity contribution in [3.8, 4) is 0 Å². The minimum atomic E-state index is -1.00. The second-order valence-corrected chi connectivity index (χ2v) is 12.3. The summed E-state index contributed by atoms with van der Waals surface area (Å²) in [4.78, 5) is 40.5. The molecule has 3 fully saturated rings. The second kappa shape index (κ2) is 11.7. The van der Waals surface area contributed by atoms with Gasteiger partial charge >= 0.3 is 11.9 Å². The lowest BCUT2D eigenvalue weighted by Crippen LogP contribution is -2.68. The summed E-state index contributed by atoms with van der Waals surface area (Å²) in [6.07, 6.45) is 7.50. The molecule has 5 atom stereocenters. The lowest BCUT2D eigenvalue weighted by molar-refractivity contribution is -0.885. The topological polar surface area (TPSA) is 159 Å². The van der Waals surface area contributed by atoms with Crippen LogP contribution < -0.4 is 16.8 Å². The number of carbonyl (C=O) groups excluding carboxylic acids is 2. The number of amides is 2. The largest absolute Gasteiger partial charge is 0.480 e. The van der Waals surface area contributed by atoms with E-state index in [9.17, 15) is 19.5 Å². The van der Waals surface area contributed by atoms with Gasteiger partial charge in [-0.2, -0.15) is 0 Å². The van der Waals surface area contributed by atoms with Crippen LogP contribution in [-0.4, -0.2) is 57.4 Å². The number of nitrogens with one attached hydrogen (secondary N) is 2. The number of piperidine rings is 1. The van der Waals surface area contributed by atoms with E-state index in [1.165, 1.54) is 6.42 Å². The SMILES string of the molecule is N=C(N)c1ccc(C[N+]2(C(=O)[C@@H](CC3CCCCC3)NC(Cc3ccccc3)C(=O)O)CC[C@@H]3C[C@@]32C(N)=O)cc1. The van der Waals surface area contributed by atoms with Crippen LogP contribution in [0.1, 0.15) is 68.1 Å². The van der Waals surface area contributed by atoms with E-state index in [-0.39, 0.29) is 35.1 Å². The van der Waals surface area contributed by atoms with Crippen molar-refractivity contribution in [1.29, 1.82) is 5.41 Å². The number of quaternary nitrogens is 1. The molecule has 2 aromatic rings. The van der Waals surface area contributed by atoms with E-state index in [0.29, 0.717) is 30.9 Å². The quantitative estimate of drug-likeness (QED) is 0.152. The molecule has 9 heteroatoms. The maximum absolute atomic E-state index is 14.9.